The highest BCUT2D eigenvalue weighted by molar-refractivity contribution is 7.91. The average Bonchev–Trinajstić information content (AvgIpc) is 2.81. The van der Waals surface area contributed by atoms with Crippen molar-refractivity contribution in [3.05, 3.63) is 29.3 Å². The molecule has 0 radical (unpaired) electrons. The first-order valence-corrected chi connectivity index (χ1v) is 10.2. The van der Waals surface area contributed by atoms with E-state index in [1.54, 1.807) is 7.11 Å². The van der Waals surface area contributed by atoms with Crippen LogP contribution in [0.3, 0.4) is 0 Å². The number of aliphatic hydroxyl groups is 1. The molecule has 7 heteroatoms. The van der Waals surface area contributed by atoms with Crippen LogP contribution in [0.1, 0.15) is 11.1 Å². The molecule has 6 nitrogen and oxygen atoms in total. The van der Waals surface area contributed by atoms with Crippen LogP contribution < -0.4 is 4.74 Å². The van der Waals surface area contributed by atoms with Gasteiger partial charge in [0.25, 0.3) is 0 Å². The molecule has 2 aliphatic heterocycles. The zero-order valence-corrected chi connectivity index (χ0v) is 15.1. The Balaban J connectivity index is 1.59. The molecule has 0 spiro atoms. The maximum atomic E-state index is 11.7. The number of sulfone groups is 1. The van der Waals surface area contributed by atoms with Crippen molar-refractivity contribution in [2.75, 3.05) is 44.8 Å². The van der Waals surface area contributed by atoms with Gasteiger partial charge in [-0.15, -0.1) is 0 Å². The van der Waals surface area contributed by atoms with Crippen molar-refractivity contribution in [1.82, 2.24) is 9.80 Å². The summed E-state index contributed by atoms with van der Waals surface area (Å²) in [4.78, 5) is 4.48. The maximum absolute atomic E-state index is 11.7. The number of hydrogen-bond acceptors (Lipinski definition) is 6. The standard InChI is InChI=1S/C17H26N2O4S/c1-13-3-4-17(23-2)14(9-13)10-18-5-7-19(8-6-18)15-11-24(21,22)12-16(15)20/h3-4,9,15-16,20H,5-8,10-12H2,1-2H3/t15-,16-/m1/s1. The minimum absolute atomic E-state index is 0.0832. The van der Waals surface area contributed by atoms with Crippen LogP contribution in [0.5, 0.6) is 5.75 Å². The van der Waals surface area contributed by atoms with Crippen molar-refractivity contribution in [3.63, 3.8) is 0 Å². The van der Waals surface area contributed by atoms with Gasteiger partial charge in [-0.25, -0.2) is 8.42 Å². The lowest BCUT2D eigenvalue weighted by molar-refractivity contribution is 0.0422. The Labute approximate surface area is 143 Å². The summed E-state index contributed by atoms with van der Waals surface area (Å²) in [6.45, 7) is 6.19. The summed E-state index contributed by atoms with van der Waals surface area (Å²) in [5.74, 6) is 0.887. The minimum Gasteiger partial charge on any atom is -0.496 e. The lowest BCUT2D eigenvalue weighted by Crippen LogP contribution is -2.53. The number of piperazine rings is 1. The first kappa shape index (κ1) is 17.7. The third-order valence-electron chi connectivity index (χ3n) is 5.00. The predicted molar refractivity (Wildman–Crippen MR) is 93.0 cm³/mol. The topological polar surface area (TPSA) is 70.1 Å². The van der Waals surface area contributed by atoms with Crippen molar-refractivity contribution >= 4 is 9.84 Å². The lowest BCUT2D eigenvalue weighted by Gasteiger charge is -2.38. The summed E-state index contributed by atoms with van der Waals surface area (Å²) >= 11 is 0. The molecule has 2 atom stereocenters. The van der Waals surface area contributed by atoms with Gasteiger partial charge in [-0.3, -0.25) is 9.80 Å². The molecule has 0 aliphatic carbocycles. The quantitative estimate of drug-likeness (QED) is 0.838. The third kappa shape index (κ3) is 3.91. The fraction of sp³-hybridized carbons (Fsp3) is 0.647. The molecule has 0 amide bonds. The van der Waals surface area contributed by atoms with Crippen molar-refractivity contribution in [2.24, 2.45) is 0 Å². The second-order valence-electron chi connectivity index (χ2n) is 6.84. The zero-order valence-electron chi connectivity index (χ0n) is 14.3. The molecule has 3 rings (SSSR count). The van der Waals surface area contributed by atoms with Crippen molar-refractivity contribution in [2.45, 2.75) is 25.6 Å². The van der Waals surface area contributed by atoms with E-state index in [1.807, 2.05) is 12.1 Å². The molecule has 1 aromatic rings. The van der Waals surface area contributed by atoms with Gasteiger partial charge in [-0.1, -0.05) is 17.7 Å². The van der Waals surface area contributed by atoms with E-state index in [0.717, 1.165) is 38.5 Å². The number of hydrogen-bond donors (Lipinski definition) is 1. The molecule has 1 N–H and O–H groups in total. The minimum atomic E-state index is -3.09. The molecule has 1 aromatic carbocycles. The molecule has 0 aromatic heterocycles. The van der Waals surface area contributed by atoms with Gasteiger partial charge in [0.1, 0.15) is 5.75 Å². The average molecular weight is 354 g/mol. The Morgan fingerprint density at radius 2 is 1.92 bits per heavy atom. The van der Waals surface area contributed by atoms with Gasteiger partial charge in [0.2, 0.25) is 0 Å². The van der Waals surface area contributed by atoms with Gasteiger partial charge in [0, 0.05) is 38.3 Å². The fourth-order valence-electron chi connectivity index (χ4n) is 3.68. The largest absolute Gasteiger partial charge is 0.496 e. The normalized spacial score (nSPS) is 28.1. The Morgan fingerprint density at radius 3 is 2.50 bits per heavy atom. The van der Waals surface area contributed by atoms with Crippen LogP contribution in [0.25, 0.3) is 0 Å². The van der Waals surface area contributed by atoms with E-state index in [1.165, 1.54) is 11.1 Å². The van der Waals surface area contributed by atoms with Crippen LogP contribution in [0.15, 0.2) is 18.2 Å². The summed E-state index contributed by atoms with van der Waals surface area (Å²) in [6, 6.07) is 5.95. The van der Waals surface area contributed by atoms with Crippen LogP contribution in [0, 0.1) is 6.92 Å². The second kappa shape index (κ2) is 7.00. The molecular weight excluding hydrogens is 328 g/mol. The van der Waals surface area contributed by atoms with Crippen molar-refractivity contribution in [1.29, 1.82) is 0 Å². The van der Waals surface area contributed by atoms with Gasteiger partial charge >= 0.3 is 0 Å². The summed E-state index contributed by atoms with van der Waals surface area (Å²) in [6.07, 6.45) is -0.751. The van der Waals surface area contributed by atoms with Gasteiger partial charge in [0.05, 0.1) is 30.8 Å². The van der Waals surface area contributed by atoms with Gasteiger partial charge in [-0.2, -0.15) is 0 Å². The number of aliphatic hydroxyl groups excluding tert-OH is 1. The van der Waals surface area contributed by atoms with Crippen LogP contribution in [0.4, 0.5) is 0 Å². The third-order valence-corrected chi connectivity index (χ3v) is 6.70. The Hall–Kier alpha value is -1.15. The van der Waals surface area contributed by atoms with Crippen LogP contribution in [-0.2, 0) is 16.4 Å². The highest BCUT2D eigenvalue weighted by Crippen LogP contribution is 2.24. The second-order valence-corrected chi connectivity index (χ2v) is 8.99. The Kier molecular flexibility index (Phi) is 5.15. The van der Waals surface area contributed by atoms with E-state index >= 15 is 0 Å². The number of benzene rings is 1. The number of aryl methyl sites for hydroxylation is 1. The van der Waals surface area contributed by atoms with E-state index in [2.05, 4.69) is 22.8 Å². The molecule has 134 valence electrons. The van der Waals surface area contributed by atoms with E-state index < -0.39 is 15.9 Å². The number of rotatable bonds is 4. The zero-order chi connectivity index (χ0) is 17.3. The molecule has 0 unspecified atom stereocenters. The predicted octanol–water partition coefficient (Wildman–Crippen LogP) is 0.279. The van der Waals surface area contributed by atoms with Crippen molar-refractivity contribution in [3.8, 4) is 5.75 Å². The summed E-state index contributed by atoms with van der Waals surface area (Å²) in [5.41, 5.74) is 2.39. The van der Waals surface area contributed by atoms with Gasteiger partial charge < -0.3 is 9.84 Å². The van der Waals surface area contributed by atoms with E-state index in [0.29, 0.717) is 0 Å². The molecule has 0 bridgehead atoms. The fourth-order valence-corrected chi connectivity index (χ4v) is 5.52. The lowest BCUT2D eigenvalue weighted by atomic mass is 10.1. The molecular formula is C17H26N2O4S. The van der Waals surface area contributed by atoms with Crippen molar-refractivity contribution < 1.29 is 18.3 Å². The van der Waals surface area contributed by atoms with E-state index in [-0.39, 0.29) is 17.5 Å². The SMILES string of the molecule is COc1ccc(C)cc1CN1CCN([C@@H]2CS(=O)(=O)C[C@H]2O)CC1. The smallest absolute Gasteiger partial charge is 0.154 e. The van der Waals surface area contributed by atoms with Gasteiger partial charge in [-0.05, 0) is 13.0 Å². The van der Waals surface area contributed by atoms with Crippen LogP contribution in [0.2, 0.25) is 0 Å². The monoisotopic (exact) mass is 354 g/mol. The molecule has 24 heavy (non-hydrogen) atoms. The number of nitrogens with zero attached hydrogens (tertiary/aromatic N) is 2. The summed E-state index contributed by atoms with van der Waals surface area (Å²) in [5, 5.41) is 10.0. The Morgan fingerprint density at radius 1 is 1.21 bits per heavy atom. The van der Waals surface area contributed by atoms with E-state index in [4.69, 9.17) is 4.74 Å². The van der Waals surface area contributed by atoms with Crippen LogP contribution >= 0.6 is 0 Å². The highest BCUT2D eigenvalue weighted by Gasteiger charge is 2.40. The molecule has 2 heterocycles. The molecule has 2 fully saturated rings. The van der Waals surface area contributed by atoms with E-state index in [9.17, 15) is 13.5 Å². The first-order valence-electron chi connectivity index (χ1n) is 8.36. The maximum Gasteiger partial charge on any atom is 0.154 e. The Bertz CT molecular complexity index is 684. The van der Waals surface area contributed by atoms with Crippen LogP contribution in [-0.4, -0.2) is 80.3 Å². The van der Waals surface area contributed by atoms with Gasteiger partial charge in [0.15, 0.2) is 9.84 Å². The number of methoxy groups -OCH3 is 1. The number of ether oxygens (including phenoxy) is 1. The first-order chi connectivity index (χ1) is 11.4. The molecule has 0 saturated carbocycles. The summed E-state index contributed by atoms with van der Waals surface area (Å²) in [7, 11) is -1.40. The summed E-state index contributed by atoms with van der Waals surface area (Å²) < 4.78 is 28.8. The molecule has 2 saturated heterocycles. The highest BCUT2D eigenvalue weighted by atomic mass is 32.2. The molecule has 2 aliphatic rings.